The van der Waals surface area contributed by atoms with Crippen molar-refractivity contribution in [2.45, 2.75) is 6.42 Å². The standard InChI is InChI=1S/C24H25FN4O2/c1-28(2)14-12-26-23(30)20-15-29(24(31)16-7-9-17(25)10-8-16)13-11-19-18-5-3-4-6-21(18)27-22(19)20/h3-10,15,27H,11-14H2,1-2H3,(H,26,30). The van der Waals surface area contributed by atoms with Gasteiger partial charge >= 0.3 is 0 Å². The minimum Gasteiger partial charge on any atom is -0.354 e. The normalized spacial score (nSPS) is 13.7. The highest BCUT2D eigenvalue weighted by atomic mass is 19.1. The molecule has 0 fully saturated rings. The second kappa shape index (κ2) is 8.73. The summed E-state index contributed by atoms with van der Waals surface area (Å²) in [6.45, 7) is 1.61. The van der Waals surface area contributed by atoms with Crippen molar-refractivity contribution in [3.05, 3.63) is 77.4 Å². The van der Waals surface area contributed by atoms with Gasteiger partial charge in [0.25, 0.3) is 11.8 Å². The van der Waals surface area contributed by atoms with Gasteiger partial charge < -0.3 is 20.1 Å². The van der Waals surface area contributed by atoms with E-state index in [4.69, 9.17) is 0 Å². The summed E-state index contributed by atoms with van der Waals surface area (Å²) in [5.74, 6) is -0.910. The van der Waals surface area contributed by atoms with E-state index in [1.165, 1.54) is 29.2 Å². The highest BCUT2D eigenvalue weighted by molar-refractivity contribution is 6.21. The molecule has 1 aliphatic heterocycles. The Morgan fingerprint density at radius 2 is 1.87 bits per heavy atom. The fourth-order valence-electron chi connectivity index (χ4n) is 3.79. The van der Waals surface area contributed by atoms with E-state index in [2.05, 4.69) is 10.3 Å². The molecule has 7 heteroatoms. The van der Waals surface area contributed by atoms with E-state index in [0.29, 0.717) is 37.2 Å². The summed E-state index contributed by atoms with van der Waals surface area (Å²) in [7, 11) is 3.88. The largest absolute Gasteiger partial charge is 0.354 e. The second-order valence-electron chi connectivity index (χ2n) is 7.88. The van der Waals surface area contributed by atoms with Gasteiger partial charge in [-0.15, -0.1) is 0 Å². The number of nitrogens with zero attached hydrogens (tertiary/aromatic N) is 2. The van der Waals surface area contributed by atoms with Gasteiger partial charge in [-0.3, -0.25) is 9.59 Å². The summed E-state index contributed by atoms with van der Waals surface area (Å²) in [5, 5.41) is 3.99. The minimum atomic E-state index is -0.398. The summed E-state index contributed by atoms with van der Waals surface area (Å²) in [5.41, 5.74) is 3.49. The molecule has 0 spiro atoms. The summed E-state index contributed by atoms with van der Waals surface area (Å²) in [6, 6.07) is 13.4. The van der Waals surface area contributed by atoms with Crippen molar-refractivity contribution < 1.29 is 14.0 Å². The average Bonchev–Trinajstić information content (AvgIpc) is 3.01. The van der Waals surface area contributed by atoms with E-state index >= 15 is 0 Å². The van der Waals surface area contributed by atoms with Gasteiger partial charge in [-0.2, -0.15) is 0 Å². The Bertz CT molecular complexity index is 1150. The molecule has 3 aromatic rings. The van der Waals surface area contributed by atoms with Crippen molar-refractivity contribution in [3.63, 3.8) is 0 Å². The van der Waals surface area contributed by atoms with Crippen molar-refractivity contribution in [3.8, 4) is 0 Å². The Balaban J connectivity index is 1.71. The third-order valence-electron chi connectivity index (χ3n) is 5.41. The van der Waals surface area contributed by atoms with Crippen LogP contribution in [0.25, 0.3) is 16.5 Å². The molecule has 1 aliphatic rings. The molecule has 2 heterocycles. The van der Waals surface area contributed by atoms with Crippen molar-refractivity contribution in [1.29, 1.82) is 0 Å². The Labute approximate surface area is 180 Å². The van der Waals surface area contributed by atoms with Crippen LogP contribution >= 0.6 is 0 Å². The predicted octanol–water partition coefficient (Wildman–Crippen LogP) is 3.02. The van der Waals surface area contributed by atoms with E-state index in [1.54, 1.807) is 6.20 Å². The van der Waals surface area contributed by atoms with Crippen LogP contribution in [0.2, 0.25) is 0 Å². The van der Waals surface area contributed by atoms with Crippen LogP contribution in [0.15, 0.2) is 54.7 Å². The van der Waals surface area contributed by atoms with Crippen LogP contribution in [-0.4, -0.2) is 60.3 Å². The number of carbonyl (C=O) groups is 2. The fourth-order valence-corrected chi connectivity index (χ4v) is 3.79. The molecule has 0 unspecified atom stereocenters. The van der Waals surface area contributed by atoms with E-state index in [1.807, 2.05) is 43.3 Å². The summed E-state index contributed by atoms with van der Waals surface area (Å²) in [6.07, 6.45) is 2.20. The molecular weight excluding hydrogens is 395 g/mol. The zero-order valence-electron chi connectivity index (χ0n) is 17.6. The first-order valence-electron chi connectivity index (χ1n) is 10.3. The molecule has 160 valence electrons. The lowest BCUT2D eigenvalue weighted by molar-refractivity contribution is -0.115. The number of carbonyl (C=O) groups excluding carboxylic acids is 2. The van der Waals surface area contributed by atoms with E-state index in [0.717, 1.165) is 22.2 Å². The lowest BCUT2D eigenvalue weighted by Crippen LogP contribution is -2.33. The number of para-hydroxylation sites is 1. The number of rotatable bonds is 5. The van der Waals surface area contributed by atoms with Crippen molar-refractivity contribution in [2.75, 3.05) is 33.7 Å². The maximum absolute atomic E-state index is 13.3. The molecule has 0 saturated carbocycles. The van der Waals surface area contributed by atoms with Crippen LogP contribution in [0.5, 0.6) is 0 Å². The molecule has 1 aromatic heterocycles. The molecule has 6 nitrogen and oxygen atoms in total. The van der Waals surface area contributed by atoms with Gasteiger partial charge in [0.1, 0.15) is 5.82 Å². The number of benzene rings is 2. The number of aromatic nitrogens is 1. The van der Waals surface area contributed by atoms with E-state index in [-0.39, 0.29) is 11.8 Å². The van der Waals surface area contributed by atoms with Gasteiger partial charge in [-0.05, 0) is 56.4 Å². The molecule has 2 N–H and O–H groups in total. The van der Waals surface area contributed by atoms with Crippen LogP contribution in [0.3, 0.4) is 0 Å². The summed E-state index contributed by atoms with van der Waals surface area (Å²) < 4.78 is 13.3. The second-order valence-corrected chi connectivity index (χ2v) is 7.88. The highest BCUT2D eigenvalue weighted by Gasteiger charge is 2.26. The van der Waals surface area contributed by atoms with Gasteiger partial charge in [-0.25, -0.2) is 4.39 Å². The monoisotopic (exact) mass is 420 g/mol. The van der Waals surface area contributed by atoms with Gasteiger partial charge in [0.05, 0.1) is 11.3 Å². The molecular formula is C24H25FN4O2. The fraction of sp³-hybridized carbons (Fsp3) is 0.250. The molecule has 0 atom stereocenters. The molecule has 0 saturated heterocycles. The van der Waals surface area contributed by atoms with Gasteiger partial charge in [-0.1, -0.05) is 18.2 Å². The number of halogens is 1. The molecule has 31 heavy (non-hydrogen) atoms. The first-order chi connectivity index (χ1) is 14.9. The van der Waals surface area contributed by atoms with Gasteiger partial charge in [0.15, 0.2) is 0 Å². The zero-order valence-corrected chi connectivity index (χ0v) is 17.6. The number of amides is 2. The Hall–Kier alpha value is -3.45. The molecule has 0 bridgehead atoms. The number of aromatic amines is 1. The number of hydrogen-bond donors (Lipinski definition) is 2. The first-order valence-corrected chi connectivity index (χ1v) is 10.3. The van der Waals surface area contributed by atoms with Crippen LogP contribution < -0.4 is 5.32 Å². The summed E-state index contributed by atoms with van der Waals surface area (Å²) >= 11 is 0. The molecule has 4 rings (SSSR count). The zero-order chi connectivity index (χ0) is 22.0. The van der Waals surface area contributed by atoms with E-state index in [9.17, 15) is 14.0 Å². The smallest absolute Gasteiger partial charge is 0.257 e. The van der Waals surface area contributed by atoms with Crippen LogP contribution in [0.1, 0.15) is 21.6 Å². The van der Waals surface area contributed by atoms with Crippen molar-refractivity contribution >= 4 is 28.3 Å². The average molecular weight is 420 g/mol. The Morgan fingerprint density at radius 3 is 2.61 bits per heavy atom. The maximum atomic E-state index is 13.3. The third kappa shape index (κ3) is 4.36. The lowest BCUT2D eigenvalue weighted by atomic mass is 10.0. The number of hydrogen-bond acceptors (Lipinski definition) is 3. The maximum Gasteiger partial charge on any atom is 0.257 e. The number of likely N-dealkylation sites (N-methyl/N-ethyl adjacent to an activating group) is 1. The molecule has 0 aliphatic carbocycles. The molecule has 2 aromatic carbocycles. The van der Waals surface area contributed by atoms with Gasteiger partial charge in [0.2, 0.25) is 0 Å². The quantitative estimate of drug-likeness (QED) is 0.667. The van der Waals surface area contributed by atoms with Crippen LogP contribution in [0.4, 0.5) is 4.39 Å². The minimum absolute atomic E-state index is 0.242. The van der Waals surface area contributed by atoms with Crippen molar-refractivity contribution in [1.82, 2.24) is 20.1 Å². The molecule has 2 amide bonds. The third-order valence-corrected chi connectivity index (χ3v) is 5.41. The van der Waals surface area contributed by atoms with E-state index < -0.39 is 5.82 Å². The molecule has 0 radical (unpaired) electrons. The van der Waals surface area contributed by atoms with Crippen LogP contribution in [-0.2, 0) is 11.2 Å². The number of nitrogens with one attached hydrogen (secondary N) is 2. The van der Waals surface area contributed by atoms with Gasteiger partial charge in [0, 0.05) is 42.3 Å². The first kappa shape index (κ1) is 20.8. The number of fused-ring (bicyclic) bond motifs is 3. The topological polar surface area (TPSA) is 68.4 Å². The lowest BCUT2D eigenvalue weighted by Gasteiger charge is -2.18. The predicted molar refractivity (Wildman–Crippen MR) is 119 cm³/mol. The summed E-state index contributed by atoms with van der Waals surface area (Å²) in [4.78, 5) is 33.1. The highest BCUT2D eigenvalue weighted by Crippen LogP contribution is 2.31. The Kier molecular flexibility index (Phi) is 5.86. The van der Waals surface area contributed by atoms with Crippen molar-refractivity contribution in [2.24, 2.45) is 0 Å². The van der Waals surface area contributed by atoms with Crippen LogP contribution in [0, 0.1) is 5.82 Å². The number of H-pyrrole nitrogens is 1. The SMILES string of the molecule is CN(C)CCNC(=O)C1=CN(C(=O)c2ccc(F)cc2)CCc2c1[nH]c1ccccc21. The Morgan fingerprint density at radius 1 is 1.13 bits per heavy atom.